The molecule has 2 rings (SSSR count). The number of rotatable bonds is 17. The molecule has 0 saturated heterocycles. The van der Waals surface area contributed by atoms with Crippen LogP contribution < -0.4 is 33.2 Å². The minimum Gasteiger partial charge on any atom is -0.480 e. The van der Waals surface area contributed by atoms with Crippen LogP contribution in [0.25, 0.3) is 10.9 Å². The molecule has 1 aromatic heterocycles. The van der Waals surface area contributed by atoms with Gasteiger partial charge in [-0.05, 0) is 48.8 Å². The number of thioether (sulfide) groups is 1. The van der Waals surface area contributed by atoms with Crippen molar-refractivity contribution < 1.29 is 24.3 Å². The fourth-order valence-corrected chi connectivity index (χ4v) is 4.58. The number of fused-ring (bicyclic) bond motifs is 1. The van der Waals surface area contributed by atoms with E-state index < -0.39 is 47.9 Å². The molecule has 13 nitrogen and oxygen atoms in total. The smallest absolute Gasteiger partial charge is 0.326 e. The van der Waals surface area contributed by atoms with Crippen molar-refractivity contribution in [1.82, 2.24) is 20.9 Å². The lowest BCUT2D eigenvalue weighted by molar-refractivity contribution is -0.142. The van der Waals surface area contributed by atoms with E-state index in [4.69, 9.17) is 17.2 Å². The molecule has 1 aromatic carbocycles. The molecule has 0 aliphatic rings. The number of benzene rings is 1. The van der Waals surface area contributed by atoms with Crippen molar-refractivity contribution in [1.29, 1.82) is 0 Å². The number of carboxylic acid groups (broad SMARTS) is 1. The molecule has 226 valence electrons. The van der Waals surface area contributed by atoms with Crippen LogP contribution in [0.4, 0.5) is 0 Å². The van der Waals surface area contributed by atoms with Gasteiger partial charge in [-0.1, -0.05) is 32.0 Å². The van der Waals surface area contributed by atoms with Crippen LogP contribution in [0.5, 0.6) is 0 Å². The van der Waals surface area contributed by atoms with Gasteiger partial charge in [0.1, 0.15) is 18.1 Å². The van der Waals surface area contributed by atoms with E-state index in [0.717, 1.165) is 16.5 Å². The van der Waals surface area contributed by atoms with Crippen LogP contribution in [-0.2, 0) is 25.6 Å². The first-order chi connectivity index (χ1) is 19.4. The van der Waals surface area contributed by atoms with Crippen LogP contribution in [0.3, 0.4) is 0 Å². The summed E-state index contributed by atoms with van der Waals surface area (Å²) in [6.45, 7) is 3.80. The van der Waals surface area contributed by atoms with Crippen LogP contribution in [0.1, 0.15) is 38.7 Å². The SMILES string of the molecule is CSCCC(NC(=O)C(CCCN=C(N)N)NC(=O)C(Cc1c[nH]c2ccccc12)NC(=O)C(N)C(C)C)C(=O)O. The Labute approximate surface area is 243 Å². The van der Waals surface area contributed by atoms with Crippen molar-refractivity contribution in [2.24, 2.45) is 28.1 Å². The number of amides is 3. The number of hydrogen-bond donors (Lipinski definition) is 8. The Morgan fingerprint density at radius 1 is 0.976 bits per heavy atom. The monoisotopic (exact) mass is 590 g/mol. The number of guanidine groups is 1. The summed E-state index contributed by atoms with van der Waals surface area (Å²) in [7, 11) is 0. The number of nitrogens with two attached hydrogens (primary N) is 3. The van der Waals surface area contributed by atoms with Crippen LogP contribution in [-0.4, -0.2) is 82.5 Å². The molecule has 4 atom stereocenters. The van der Waals surface area contributed by atoms with E-state index in [1.807, 2.05) is 30.5 Å². The Kier molecular flexibility index (Phi) is 13.4. The highest BCUT2D eigenvalue weighted by Crippen LogP contribution is 2.19. The lowest BCUT2D eigenvalue weighted by Crippen LogP contribution is -2.58. The third kappa shape index (κ3) is 10.6. The molecule has 0 saturated carbocycles. The number of aromatic amines is 1. The van der Waals surface area contributed by atoms with Crippen LogP contribution in [0.15, 0.2) is 35.5 Å². The van der Waals surface area contributed by atoms with E-state index in [1.54, 1.807) is 20.0 Å². The Hall–Kier alpha value is -3.78. The third-order valence-corrected chi connectivity index (χ3v) is 7.20. The molecule has 11 N–H and O–H groups in total. The first-order valence-electron chi connectivity index (χ1n) is 13.4. The molecule has 1 heterocycles. The molecule has 0 fully saturated rings. The van der Waals surface area contributed by atoms with Gasteiger partial charge < -0.3 is 43.2 Å². The fourth-order valence-electron chi connectivity index (χ4n) is 4.11. The number of aliphatic imine (C=N–C) groups is 1. The lowest BCUT2D eigenvalue weighted by Gasteiger charge is -2.26. The zero-order chi connectivity index (χ0) is 30.5. The maximum atomic E-state index is 13.6. The molecule has 3 amide bonds. The molecular formula is C27H42N8O5S. The quantitative estimate of drug-likeness (QED) is 0.0705. The van der Waals surface area contributed by atoms with Crippen molar-refractivity contribution in [2.75, 3.05) is 18.6 Å². The summed E-state index contributed by atoms with van der Waals surface area (Å²) in [4.78, 5) is 58.6. The van der Waals surface area contributed by atoms with Gasteiger partial charge in [-0.3, -0.25) is 19.4 Å². The summed E-state index contributed by atoms with van der Waals surface area (Å²) in [5.74, 6) is -2.71. The minimum absolute atomic E-state index is 0.110. The van der Waals surface area contributed by atoms with Gasteiger partial charge in [-0.15, -0.1) is 0 Å². The number of carbonyl (C=O) groups is 4. The van der Waals surface area contributed by atoms with E-state index in [0.29, 0.717) is 12.2 Å². The number of H-pyrrole nitrogens is 1. The molecule has 0 aliphatic heterocycles. The van der Waals surface area contributed by atoms with Crippen LogP contribution in [0.2, 0.25) is 0 Å². The van der Waals surface area contributed by atoms with Gasteiger partial charge in [0.2, 0.25) is 17.7 Å². The number of para-hydroxylation sites is 1. The fraction of sp³-hybridized carbons (Fsp3) is 0.519. The van der Waals surface area contributed by atoms with Gasteiger partial charge >= 0.3 is 5.97 Å². The van der Waals surface area contributed by atoms with E-state index in [2.05, 4.69) is 25.9 Å². The zero-order valence-corrected chi connectivity index (χ0v) is 24.5. The van der Waals surface area contributed by atoms with E-state index in [-0.39, 0.29) is 37.7 Å². The minimum atomic E-state index is -1.18. The van der Waals surface area contributed by atoms with Crippen molar-refractivity contribution in [3.63, 3.8) is 0 Å². The van der Waals surface area contributed by atoms with Gasteiger partial charge in [0.15, 0.2) is 5.96 Å². The average Bonchev–Trinajstić information content (AvgIpc) is 3.33. The van der Waals surface area contributed by atoms with Gasteiger partial charge in [0, 0.05) is 30.1 Å². The summed E-state index contributed by atoms with van der Waals surface area (Å²) >= 11 is 1.45. The van der Waals surface area contributed by atoms with E-state index in [9.17, 15) is 24.3 Å². The summed E-state index contributed by atoms with van der Waals surface area (Å²) in [5.41, 5.74) is 18.5. The summed E-state index contributed by atoms with van der Waals surface area (Å²) in [5, 5.41) is 18.4. The topological polar surface area (TPSA) is 231 Å². The predicted molar refractivity (Wildman–Crippen MR) is 161 cm³/mol. The number of nitrogens with one attached hydrogen (secondary N) is 4. The normalized spacial score (nSPS) is 14.1. The van der Waals surface area contributed by atoms with Gasteiger partial charge in [0.05, 0.1) is 6.04 Å². The van der Waals surface area contributed by atoms with E-state index >= 15 is 0 Å². The van der Waals surface area contributed by atoms with Crippen molar-refractivity contribution >= 4 is 52.3 Å². The highest BCUT2D eigenvalue weighted by Gasteiger charge is 2.31. The number of aromatic nitrogens is 1. The molecule has 14 heteroatoms. The maximum Gasteiger partial charge on any atom is 0.326 e. The zero-order valence-electron chi connectivity index (χ0n) is 23.7. The number of nitrogens with zero attached hydrogens (tertiary/aromatic N) is 1. The molecule has 41 heavy (non-hydrogen) atoms. The first kappa shape index (κ1) is 33.4. The number of hydrogen-bond acceptors (Lipinski definition) is 7. The second-order valence-corrected chi connectivity index (χ2v) is 11.1. The van der Waals surface area contributed by atoms with Crippen molar-refractivity contribution in [2.45, 2.75) is 63.7 Å². The first-order valence-corrected chi connectivity index (χ1v) is 14.8. The summed E-state index contributed by atoms with van der Waals surface area (Å²) in [6.07, 6.45) is 4.39. The standard InChI is InChI=1S/C27H42N8O5S/c1-15(2)22(28)25(38)35-21(13-16-14-32-18-8-5-4-7-17(16)18)24(37)33-19(9-6-11-31-27(29)30)23(36)34-20(26(39)40)10-12-41-3/h4-5,7-8,14-15,19-22,32H,6,9-13,28H2,1-3H3,(H,33,37)(H,34,36)(H,35,38)(H,39,40)(H4,29,30,31). The van der Waals surface area contributed by atoms with Gasteiger partial charge in [-0.25, -0.2) is 4.79 Å². The van der Waals surface area contributed by atoms with E-state index in [1.165, 1.54) is 11.8 Å². The van der Waals surface area contributed by atoms with Crippen LogP contribution >= 0.6 is 11.8 Å². The number of carbonyl (C=O) groups excluding carboxylic acids is 3. The highest BCUT2D eigenvalue weighted by molar-refractivity contribution is 7.98. The summed E-state index contributed by atoms with van der Waals surface area (Å²) in [6, 6.07) is 3.41. The number of carboxylic acids is 1. The largest absolute Gasteiger partial charge is 0.480 e. The Bertz CT molecular complexity index is 1210. The lowest BCUT2D eigenvalue weighted by atomic mass is 10.0. The summed E-state index contributed by atoms with van der Waals surface area (Å²) < 4.78 is 0. The Balaban J connectivity index is 2.31. The highest BCUT2D eigenvalue weighted by atomic mass is 32.2. The second kappa shape index (κ2) is 16.5. The second-order valence-electron chi connectivity index (χ2n) is 10.1. The van der Waals surface area contributed by atoms with Crippen molar-refractivity contribution in [3.8, 4) is 0 Å². The average molecular weight is 591 g/mol. The molecule has 0 bridgehead atoms. The molecule has 2 aromatic rings. The van der Waals surface area contributed by atoms with Gasteiger partial charge in [0.25, 0.3) is 0 Å². The Morgan fingerprint density at radius 2 is 1.61 bits per heavy atom. The molecular weight excluding hydrogens is 548 g/mol. The Morgan fingerprint density at radius 3 is 2.24 bits per heavy atom. The third-order valence-electron chi connectivity index (χ3n) is 6.56. The number of aliphatic carboxylic acids is 1. The maximum absolute atomic E-state index is 13.6. The van der Waals surface area contributed by atoms with Gasteiger partial charge in [-0.2, -0.15) is 11.8 Å². The molecule has 0 aliphatic carbocycles. The van der Waals surface area contributed by atoms with Crippen molar-refractivity contribution in [3.05, 3.63) is 36.0 Å². The van der Waals surface area contributed by atoms with Crippen LogP contribution in [0, 0.1) is 5.92 Å². The molecule has 0 spiro atoms. The molecule has 4 unspecified atom stereocenters. The molecule has 0 radical (unpaired) electrons. The predicted octanol–water partition coefficient (Wildman–Crippen LogP) is 0.0394.